The van der Waals surface area contributed by atoms with Gasteiger partial charge in [0.15, 0.2) is 6.29 Å². The number of hydrogen-bond donors (Lipinski definition) is 2. The molecule has 0 spiro atoms. The molecule has 1 heterocycles. The molecule has 2 N–H and O–H groups in total. The summed E-state index contributed by atoms with van der Waals surface area (Å²) in [5.74, 6) is -2.96. The van der Waals surface area contributed by atoms with E-state index in [1.54, 1.807) is 0 Å². The molecule has 0 saturated carbocycles. The van der Waals surface area contributed by atoms with Gasteiger partial charge in [0.1, 0.15) is 22.9 Å². The normalized spacial score (nSPS) is 10.1. The average Bonchev–Trinajstić information content (AvgIpc) is 2.76. The maximum Gasteiger partial charge on any atom is 0.261 e. The van der Waals surface area contributed by atoms with Crippen LogP contribution in [-0.2, 0) is 0 Å². The Balaban J connectivity index is 2.31. The second-order valence-corrected chi connectivity index (χ2v) is 3.37. The predicted octanol–water partition coefficient (Wildman–Crippen LogP) is 1.75. The summed E-state index contributed by atoms with van der Waals surface area (Å²) in [5.41, 5.74) is -0.645. The molecule has 1 amide bonds. The molecule has 0 aliphatic rings. The third-order valence-corrected chi connectivity index (χ3v) is 2.22. The van der Waals surface area contributed by atoms with E-state index in [1.807, 2.05) is 0 Å². The number of carbonyl (C=O) groups excluding carboxylic acids is 2. The van der Waals surface area contributed by atoms with E-state index in [2.05, 4.69) is 15.5 Å². The standard InChI is InChI=1S/C11H7F2N3O2/c12-6-2-1-3-7(13)10(6)11(18)15-8-4-14-16-9(8)5-17/h1-5H,(H,14,16)(H,15,18). The number of amides is 1. The lowest BCUT2D eigenvalue weighted by Gasteiger charge is -2.05. The van der Waals surface area contributed by atoms with Gasteiger partial charge in [-0.2, -0.15) is 5.10 Å². The van der Waals surface area contributed by atoms with Gasteiger partial charge in [0, 0.05) is 0 Å². The monoisotopic (exact) mass is 251 g/mol. The van der Waals surface area contributed by atoms with Crippen molar-refractivity contribution in [2.24, 2.45) is 0 Å². The molecule has 92 valence electrons. The molecule has 18 heavy (non-hydrogen) atoms. The Kier molecular flexibility index (Phi) is 3.13. The summed E-state index contributed by atoms with van der Waals surface area (Å²) in [6.45, 7) is 0. The third kappa shape index (κ3) is 2.10. The van der Waals surface area contributed by atoms with E-state index in [4.69, 9.17) is 0 Å². The summed E-state index contributed by atoms with van der Waals surface area (Å²) in [5, 5.41) is 8.04. The molecule has 7 heteroatoms. The van der Waals surface area contributed by atoms with E-state index in [9.17, 15) is 18.4 Å². The summed E-state index contributed by atoms with van der Waals surface area (Å²) in [6.07, 6.45) is 1.60. The van der Waals surface area contributed by atoms with Crippen LogP contribution in [0, 0.1) is 11.6 Å². The first kappa shape index (κ1) is 11.9. The van der Waals surface area contributed by atoms with E-state index in [-0.39, 0.29) is 11.4 Å². The number of aldehydes is 1. The van der Waals surface area contributed by atoms with Gasteiger partial charge >= 0.3 is 0 Å². The lowest BCUT2D eigenvalue weighted by molar-refractivity contribution is 0.101. The van der Waals surface area contributed by atoms with Crippen LogP contribution in [0.25, 0.3) is 0 Å². The van der Waals surface area contributed by atoms with Crippen molar-refractivity contribution in [3.8, 4) is 0 Å². The van der Waals surface area contributed by atoms with E-state index in [1.165, 1.54) is 6.20 Å². The SMILES string of the molecule is O=Cc1[nH]ncc1NC(=O)c1c(F)cccc1F. The first-order chi connectivity index (χ1) is 8.63. The van der Waals surface area contributed by atoms with Crippen molar-refractivity contribution < 1.29 is 18.4 Å². The van der Waals surface area contributed by atoms with Gasteiger partial charge in [-0.3, -0.25) is 14.7 Å². The number of aromatic amines is 1. The summed E-state index contributed by atoms with van der Waals surface area (Å²) >= 11 is 0. The Morgan fingerprint density at radius 3 is 2.61 bits per heavy atom. The van der Waals surface area contributed by atoms with Gasteiger partial charge in [-0.15, -0.1) is 0 Å². The fourth-order valence-corrected chi connectivity index (χ4v) is 1.39. The Bertz CT molecular complexity index is 590. The largest absolute Gasteiger partial charge is 0.318 e. The number of H-pyrrole nitrogens is 1. The van der Waals surface area contributed by atoms with Crippen molar-refractivity contribution in [1.29, 1.82) is 0 Å². The Hall–Kier alpha value is -2.57. The minimum Gasteiger partial charge on any atom is -0.318 e. The zero-order valence-corrected chi connectivity index (χ0v) is 8.91. The highest BCUT2D eigenvalue weighted by atomic mass is 19.1. The summed E-state index contributed by atoms with van der Waals surface area (Å²) in [7, 11) is 0. The van der Waals surface area contributed by atoms with Gasteiger partial charge in [-0.05, 0) is 12.1 Å². The van der Waals surface area contributed by atoms with Crippen molar-refractivity contribution in [1.82, 2.24) is 10.2 Å². The highest BCUT2D eigenvalue weighted by Crippen LogP contribution is 2.16. The van der Waals surface area contributed by atoms with Crippen molar-refractivity contribution in [2.75, 3.05) is 5.32 Å². The van der Waals surface area contributed by atoms with Crippen molar-refractivity contribution in [3.05, 3.63) is 47.3 Å². The minimum absolute atomic E-state index is 0.0140. The molecule has 2 rings (SSSR count). The highest BCUT2D eigenvalue weighted by Gasteiger charge is 2.18. The predicted molar refractivity (Wildman–Crippen MR) is 58.3 cm³/mol. The van der Waals surface area contributed by atoms with Crippen LogP contribution in [0.2, 0.25) is 0 Å². The first-order valence-electron chi connectivity index (χ1n) is 4.87. The molecule has 1 aromatic carbocycles. The minimum atomic E-state index is -0.991. The quantitative estimate of drug-likeness (QED) is 0.816. The number of halogens is 2. The van der Waals surface area contributed by atoms with Gasteiger partial charge in [0.05, 0.1) is 11.9 Å². The van der Waals surface area contributed by atoms with E-state index in [0.29, 0.717) is 6.29 Å². The molecule has 0 saturated heterocycles. The van der Waals surface area contributed by atoms with Gasteiger partial charge in [-0.1, -0.05) is 6.07 Å². The zero-order chi connectivity index (χ0) is 13.1. The molecular formula is C11H7F2N3O2. The molecule has 0 bridgehead atoms. The number of nitrogens with one attached hydrogen (secondary N) is 2. The van der Waals surface area contributed by atoms with Crippen LogP contribution in [0.1, 0.15) is 20.8 Å². The highest BCUT2D eigenvalue weighted by molar-refractivity contribution is 6.06. The molecule has 0 fully saturated rings. The smallest absolute Gasteiger partial charge is 0.261 e. The van der Waals surface area contributed by atoms with Gasteiger partial charge < -0.3 is 5.32 Å². The molecule has 0 aliphatic carbocycles. The van der Waals surface area contributed by atoms with Crippen molar-refractivity contribution >= 4 is 17.9 Å². The second kappa shape index (κ2) is 4.74. The topological polar surface area (TPSA) is 74.8 Å². The number of nitrogens with zero attached hydrogens (tertiary/aromatic N) is 1. The Morgan fingerprint density at radius 1 is 1.33 bits per heavy atom. The van der Waals surface area contributed by atoms with E-state index >= 15 is 0 Å². The number of anilines is 1. The fraction of sp³-hybridized carbons (Fsp3) is 0. The van der Waals surface area contributed by atoms with Gasteiger partial charge in [0.2, 0.25) is 0 Å². The molecule has 0 radical (unpaired) electrons. The second-order valence-electron chi connectivity index (χ2n) is 3.37. The van der Waals surface area contributed by atoms with Crippen molar-refractivity contribution in [3.63, 3.8) is 0 Å². The van der Waals surface area contributed by atoms with Gasteiger partial charge in [-0.25, -0.2) is 8.78 Å². The molecular weight excluding hydrogens is 244 g/mol. The Labute approximate surface area is 99.8 Å². The number of aromatic nitrogens is 2. The van der Waals surface area contributed by atoms with Crippen LogP contribution in [0.4, 0.5) is 14.5 Å². The van der Waals surface area contributed by atoms with Crippen LogP contribution in [0.15, 0.2) is 24.4 Å². The summed E-state index contributed by atoms with van der Waals surface area (Å²) in [4.78, 5) is 22.2. The maximum absolute atomic E-state index is 13.3. The lowest BCUT2D eigenvalue weighted by atomic mass is 10.2. The maximum atomic E-state index is 13.3. The molecule has 0 aliphatic heterocycles. The van der Waals surface area contributed by atoms with Gasteiger partial charge in [0.25, 0.3) is 5.91 Å². The number of hydrogen-bond acceptors (Lipinski definition) is 3. The lowest BCUT2D eigenvalue weighted by Crippen LogP contribution is -2.16. The molecule has 2 aromatic rings. The van der Waals surface area contributed by atoms with Crippen LogP contribution in [0.3, 0.4) is 0 Å². The van der Waals surface area contributed by atoms with Crippen molar-refractivity contribution in [2.45, 2.75) is 0 Å². The zero-order valence-electron chi connectivity index (χ0n) is 8.91. The number of benzene rings is 1. The summed E-state index contributed by atoms with van der Waals surface area (Å²) in [6, 6.07) is 3.08. The van der Waals surface area contributed by atoms with Crippen LogP contribution in [-0.4, -0.2) is 22.4 Å². The fourth-order valence-electron chi connectivity index (χ4n) is 1.39. The molecule has 1 aromatic heterocycles. The first-order valence-corrected chi connectivity index (χ1v) is 4.87. The molecule has 0 atom stereocenters. The van der Waals surface area contributed by atoms with E-state index in [0.717, 1.165) is 18.2 Å². The van der Waals surface area contributed by atoms with Crippen LogP contribution in [0.5, 0.6) is 0 Å². The third-order valence-electron chi connectivity index (χ3n) is 2.22. The average molecular weight is 251 g/mol. The molecule has 0 unspecified atom stereocenters. The summed E-state index contributed by atoms with van der Waals surface area (Å²) < 4.78 is 26.6. The molecule has 5 nitrogen and oxygen atoms in total. The van der Waals surface area contributed by atoms with Crippen LogP contribution >= 0.6 is 0 Å². The van der Waals surface area contributed by atoms with E-state index < -0.39 is 23.1 Å². The number of rotatable bonds is 3. The number of carbonyl (C=O) groups is 2. The Morgan fingerprint density at radius 2 is 2.00 bits per heavy atom. The van der Waals surface area contributed by atoms with Crippen LogP contribution < -0.4 is 5.32 Å².